The van der Waals surface area contributed by atoms with Crippen LogP contribution < -0.4 is 0 Å². The van der Waals surface area contributed by atoms with Crippen LogP contribution in [0.1, 0.15) is 132 Å². The molecule has 4 aliphatic carbocycles. The fourth-order valence-corrected chi connectivity index (χ4v) is 11.7. The van der Waals surface area contributed by atoms with Crippen molar-refractivity contribution in [1.29, 1.82) is 0 Å². The van der Waals surface area contributed by atoms with Gasteiger partial charge in [-0.2, -0.15) is 0 Å². The van der Waals surface area contributed by atoms with Crippen molar-refractivity contribution in [3.05, 3.63) is 23.3 Å². The maximum atomic E-state index is 14.2. The molecule has 0 aromatic carbocycles. The number of aliphatic hydroxyl groups is 4. The number of rotatable bonds is 12. The third-order valence-corrected chi connectivity index (χ3v) is 15.4. The van der Waals surface area contributed by atoms with Crippen molar-refractivity contribution >= 4 is 17.9 Å². The number of allylic oxidation sites excluding steroid dienone is 3. The average Bonchev–Trinajstić information content (AvgIpc) is 3.36. The number of methoxy groups -OCH3 is 1. The van der Waals surface area contributed by atoms with Crippen molar-refractivity contribution in [2.45, 2.75) is 169 Å². The van der Waals surface area contributed by atoms with Gasteiger partial charge in [0.1, 0.15) is 24.4 Å². The SMILES string of the molecule is C=C(CCC(C(=O)OC1OCC(O)C(O)C1O)C1CCC2(C)C3=C(CCC12C)C1(C)CCC(OC(=O)CC(C)(O)CC(=O)OC)C(C)(C)C1CC3)C(C)C. The van der Waals surface area contributed by atoms with Crippen molar-refractivity contribution in [2.24, 2.45) is 45.3 Å². The molecule has 1 saturated heterocycles. The Balaban J connectivity index is 1.37. The van der Waals surface area contributed by atoms with Gasteiger partial charge in [0.05, 0.1) is 38.1 Å². The van der Waals surface area contributed by atoms with Gasteiger partial charge in [0, 0.05) is 5.41 Å². The first kappa shape index (κ1) is 42.8. The van der Waals surface area contributed by atoms with Gasteiger partial charge in [0.25, 0.3) is 0 Å². The summed E-state index contributed by atoms with van der Waals surface area (Å²) in [6, 6.07) is 0. The van der Waals surface area contributed by atoms with Crippen molar-refractivity contribution in [3.8, 4) is 0 Å². The minimum absolute atomic E-state index is 0.0220. The van der Waals surface area contributed by atoms with Gasteiger partial charge < -0.3 is 39.4 Å². The zero-order chi connectivity index (χ0) is 40.2. The Morgan fingerprint density at radius 3 is 2.22 bits per heavy atom. The Hall–Kier alpha value is -2.31. The second kappa shape index (κ2) is 15.6. The van der Waals surface area contributed by atoms with Crippen LogP contribution in [0.5, 0.6) is 0 Å². The molecule has 1 aliphatic heterocycles. The van der Waals surface area contributed by atoms with E-state index in [2.05, 4.69) is 59.8 Å². The van der Waals surface area contributed by atoms with Crippen LogP contribution in [-0.2, 0) is 33.3 Å². The highest BCUT2D eigenvalue weighted by Gasteiger charge is 2.65. The molecule has 0 spiro atoms. The van der Waals surface area contributed by atoms with Crippen LogP contribution in [0.15, 0.2) is 23.3 Å². The number of esters is 3. The minimum Gasteiger partial charge on any atom is -0.469 e. The number of carbonyl (C=O) groups excluding carboxylic acids is 3. The molecule has 306 valence electrons. The van der Waals surface area contributed by atoms with Gasteiger partial charge in [-0.3, -0.25) is 14.4 Å². The molecule has 12 atom stereocenters. The highest BCUT2D eigenvalue weighted by atomic mass is 16.7. The molecule has 0 bridgehead atoms. The molecule has 0 radical (unpaired) electrons. The molecule has 5 aliphatic rings. The minimum atomic E-state index is -1.56. The van der Waals surface area contributed by atoms with E-state index in [9.17, 15) is 34.8 Å². The van der Waals surface area contributed by atoms with Crippen LogP contribution in [0, 0.1) is 45.3 Å². The second-order valence-electron chi connectivity index (χ2n) is 19.3. The molecule has 0 aromatic heterocycles. The Bertz CT molecular complexity index is 1480. The molecule has 3 fully saturated rings. The van der Waals surface area contributed by atoms with Gasteiger partial charge in [0.2, 0.25) is 6.29 Å². The van der Waals surface area contributed by atoms with Crippen molar-refractivity contribution < 1.29 is 53.8 Å². The Labute approximate surface area is 322 Å². The summed E-state index contributed by atoms with van der Waals surface area (Å²) in [7, 11) is 1.25. The Morgan fingerprint density at radius 1 is 0.907 bits per heavy atom. The van der Waals surface area contributed by atoms with Gasteiger partial charge in [-0.1, -0.05) is 71.8 Å². The smallest absolute Gasteiger partial charge is 0.311 e. The lowest BCUT2D eigenvalue weighted by atomic mass is 9.43. The summed E-state index contributed by atoms with van der Waals surface area (Å²) in [6.45, 7) is 21.3. The molecule has 1 heterocycles. The molecule has 4 N–H and O–H groups in total. The molecule has 11 nitrogen and oxygen atoms in total. The highest BCUT2D eigenvalue weighted by molar-refractivity contribution is 5.75. The summed E-state index contributed by atoms with van der Waals surface area (Å²) >= 11 is 0. The number of ether oxygens (including phenoxy) is 4. The lowest BCUT2D eigenvalue weighted by Crippen LogP contribution is -2.56. The lowest BCUT2D eigenvalue weighted by Gasteiger charge is -2.62. The number of carbonyl (C=O) groups is 3. The third kappa shape index (κ3) is 7.70. The van der Waals surface area contributed by atoms with Crippen LogP contribution >= 0.6 is 0 Å². The van der Waals surface area contributed by atoms with Crippen LogP contribution in [0.25, 0.3) is 0 Å². The average molecular weight is 761 g/mol. The first-order valence-corrected chi connectivity index (χ1v) is 20.3. The molecule has 0 amide bonds. The van der Waals surface area contributed by atoms with E-state index in [1.165, 1.54) is 25.2 Å². The molecular weight excluding hydrogens is 692 g/mol. The van der Waals surface area contributed by atoms with E-state index < -0.39 is 54.0 Å². The van der Waals surface area contributed by atoms with Crippen molar-refractivity contribution in [2.75, 3.05) is 13.7 Å². The van der Waals surface area contributed by atoms with Crippen LogP contribution in [-0.4, -0.2) is 88.4 Å². The van der Waals surface area contributed by atoms with Crippen molar-refractivity contribution in [3.63, 3.8) is 0 Å². The van der Waals surface area contributed by atoms with Crippen molar-refractivity contribution in [1.82, 2.24) is 0 Å². The first-order chi connectivity index (χ1) is 25.0. The van der Waals surface area contributed by atoms with E-state index in [1.807, 2.05) is 0 Å². The quantitative estimate of drug-likeness (QED) is 0.106. The Kier molecular flexibility index (Phi) is 12.3. The summed E-state index contributed by atoms with van der Waals surface area (Å²) in [5.74, 6) is -1.42. The summed E-state index contributed by atoms with van der Waals surface area (Å²) in [6.07, 6.45) is 1.86. The van der Waals surface area contributed by atoms with Crippen LogP contribution in [0.3, 0.4) is 0 Å². The highest BCUT2D eigenvalue weighted by Crippen LogP contribution is 2.72. The van der Waals surface area contributed by atoms with E-state index in [4.69, 9.17) is 14.2 Å². The molecule has 12 unspecified atom stereocenters. The van der Waals surface area contributed by atoms with E-state index in [0.29, 0.717) is 19.3 Å². The summed E-state index contributed by atoms with van der Waals surface area (Å²) in [5, 5.41) is 41.6. The fourth-order valence-electron chi connectivity index (χ4n) is 11.7. The number of aliphatic hydroxyl groups excluding tert-OH is 3. The lowest BCUT2D eigenvalue weighted by molar-refractivity contribution is -0.265. The third-order valence-electron chi connectivity index (χ3n) is 15.4. The normalized spacial score (nSPS) is 39.0. The molecule has 54 heavy (non-hydrogen) atoms. The van der Waals surface area contributed by atoms with E-state index in [1.54, 1.807) is 0 Å². The zero-order valence-electron chi connectivity index (χ0n) is 34.2. The van der Waals surface area contributed by atoms with Crippen LogP contribution in [0.2, 0.25) is 0 Å². The van der Waals surface area contributed by atoms with Gasteiger partial charge in [0.15, 0.2) is 0 Å². The summed E-state index contributed by atoms with van der Waals surface area (Å²) < 4.78 is 22.2. The molecule has 2 saturated carbocycles. The summed E-state index contributed by atoms with van der Waals surface area (Å²) in [5.41, 5.74) is 1.86. The molecule has 0 aromatic rings. The molecule has 11 heteroatoms. The van der Waals surface area contributed by atoms with Crippen LogP contribution in [0.4, 0.5) is 0 Å². The fraction of sp³-hybridized carbons (Fsp3) is 0.837. The van der Waals surface area contributed by atoms with Gasteiger partial charge in [-0.05, 0) is 105 Å². The number of hydrogen-bond donors (Lipinski definition) is 4. The molecule has 5 rings (SSSR count). The predicted molar refractivity (Wildman–Crippen MR) is 201 cm³/mol. The van der Waals surface area contributed by atoms with Gasteiger partial charge >= 0.3 is 17.9 Å². The summed E-state index contributed by atoms with van der Waals surface area (Å²) in [4.78, 5) is 39.1. The number of hydrogen-bond acceptors (Lipinski definition) is 11. The van der Waals surface area contributed by atoms with Gasteiger partial charge in [-0.15, -0.1) is 0 Å². The monoisotopic (exact) mass is 760 g/mol. The predicted octanol–water partition coefficient (Wildman–Crippen LogP) is 5.94. The van der Waals surface area contributed by atoms with E-state index in [-0.39, 0.29) is 65.0 Å². The van der Waals surface area contributed by atoms with E-state index >= 15 is 0 Å². The maximum absolute atomic E-state index is 14.2. The molecular formula is C43H68O11. The topological polar surface area (TPSA) is 169 Å². The van der Waals surface area contributed by atoms with Gasteiger partial charge in [-0.25, -0.2) is 0 Å². The standard InChI is InChI=1S/C43H68O11/c1-24(2)25(3)11-12-26(37(49)54-38-36(48)35(47)30(44)23-52-38)27-15-19-43(9)29-13-14-31-39(4,5)32(53-34(46)22-40(6,50)21-33(45)51-10)17-18-41(31,7)28(29)16-20-42(27,43)8/h24,26-27,30-32,35-36,38,44,47-48,50H,3,11-23H2,1-2,4-10H3. The number of fused-ring (bicyclic) bond motifs is 4. The maximum Gasteiger partial charge on any atom is 0.311 e. The first-order valence-electron chi connectivity index (χ1n) is 20.3. The second-order valence-corrected chi connectivity index (χ2v) is 19.3. The van der Waals surface area contributed by atoms with E-state index in [0.717, 1.165) is 50.5 Å². The largest absolute Gasteiger partial charge is 0.469 e. The Morgan fingerprint density at radius 2 is 1.57 bits per heavy atom. The zero-order valence-corrected chi connectivity index (χ0v) is 34.2.